The zero-order valence-corrected chi connectivity index (χ0v) is 13.7. The molecule has 0 saturated heterocycles. The highest BCUT2D eigenvalue weighted by atomic mass is 16.5. The Morgan fingerprint density at radius 3 is 2.38 bits per heavy atom. The molecule has 2 aromatic carbocycles. The van der Waals surface area contributed by atoms with Gasteiger partial charge in [-0.1, -0.05) is 44.2 Å². The van der Waals surface area contributed by atoms with E-state index in [4.69, 9.17) is 15.2 Å². The average Bonchev–Trinajstić information content (AvgIpc) is 2.59. The molecule has 0 radical (unpaired) electrons. The molecule has 5 nitrogen and oxygen atoms in total. The van der Waals surface area contributed by atoms with Gasteiger partial charge in [0.05, 0.1) is 0 Å². The Morgan fingerprint density at radius 2 is 1.75 bits per heavy atom. The van der Waals surface area contributed by atoms with E-state index in [9.17, 15) is 10.1 Å². The van der Waals surface area contributed by atoms with Crippen molar-refractivity contribution in [3.63, 3.8) is 0 Å². The highest BCUT2D eigenvalue weighted by Crippen LogP contribution is 2.26. The van der Waals surface area contributed by atoms with Crippen LogP contribution in [0.4, 0.5) is 0 Å². The molecule has 0 aliphatic carbocycles. The lowest BCUT2D eigenvalue weighted by molar-refractivity contribution is -0.149. The van der Waals surface area contributed by atoms with Crippen molar-refractivity contribution in [3.05, 3.63) is 60.2 Å². The van der Waals surface area contributed by atoms with E-state index in [1.54, 1.807) is 24.3 Å². The van der Waals surface area contributed by atoms with Crippen LogP contribution < -0.4 is 10.5 Å². The number of nitrogens with two attached hydrogens (primary N) is 1. The third-order valence-electron chi connectivity index (χ3n) is 3.48. The molecule has 24 heavy (non-hydrogen) atoms. The first-order chi connectivity index (χ1) is 11.5. The molecule has 0 aromatic heterocycles. The molecule has 124 valence electrons. The molecule has 0 aliphatic heterocycles. The number of benzene rings is 2. The van der Waals surface area contributed by atoms with Crippen LogP contribution in [0.1, 0.15) is 25.5 Å². The average molecular weight is 324 g/mol. The minimum atomic E-state index is -1.03. The summed E-state index contributed by atoms with van der Waals surface area (Å²) in [4.78, 5) is 12.0. The van der Waals surface area contributed by atoms with Gasteiger partial charge in [0, 0.05) is 5.56 Å². The Balaban J connectivity index is 2.13. The van der Waals surface area contributed by atoms with E-state index in [1.165, 1.54) is 0 Å². The van der Waals surface area contributed by atoms with Gasteiger partial charge in [0.25, 0.3) is 0 Å². The van der Waals surface area contributed by atoms with E-state index in [0.29, 0.717) is 17.1 Å². The van der Waals surface area contributed by atoms with Crippen LogP contribution in [0.3, 0.4) is 0 Å². The van der Waals surface area contributed by atoms with Gasteiger partial charge in [-0.15, -0.1) is 0 Å². The van der Waals surface area contributed by atoms with Crippen molar-refractivity contribution in [1.29, 1.82) is 5.26 Å². The molecule has 2 rings (SSSR count). The summed E-state index contributed by atoms with van der Waals surface area (Å²) in [6.07, 6.45) is -1.03. The number of rotatable bonds is 6. The Morgan fingerprint density at radius 1 is 1.08 bits per heavy atom. The van der Waals surface area contributed by atoms with Gasteiger partial charge in [-0.2, -0.15) is 5.26 Å². The van der Waals surface area contributed by atoms with Gasteiger partial charge < -0.3 is 15.2 Å². The summed E-state index contributed by atoms with van der Waals surface area (Å²) in [7, 11) is 0. The Labute approximate surface area is 141 Å². The predicted octanol–water partition coefficient (Wildman–Crippen LogP) is 3.57. The van der Waals surface area contributed by atoms with E-state index >= 15 is 0 Å². The van der Waals surface area contributed by atoms with Crippen LogP contribution in [0, 0.1) is 17.2 Å². The van der Waals surface area contributed by atoms with Crippen LogP contribution in [0.2, 0.25) is 0 Å². The second kappa shape index (κ2) is 8.14. The molecule has 2 aromatic rings. The van der Waals surface area contributed by atoms with E-state index in [2.05, 4.69) is 0 Å². The summed E-state index contributed by atoms with van der Waals surface area (Å²) >= 11 is 0. The molecule has 2 unspecified atom stereocenters. The van der Waals surface area contributed by atoms with Crippen LogP contribution >= 0.6 is 0 Å². The lowest BCUT2D eigenvalue weighted by Crippen LogP contribution is -2.37. The van der Waals surface area contributed by atoms with E-state index < -0.39 is 18.1 Å². The minimum absolute atomic E-state index is 0.0652. The van der Waals surface area contributed by atoms with Crippen LogP contribution in [-0.2, 0) is 9.53 Å². The molecule has 0 amide bonds. The number of esters is 1. The lowest BCUT2D eigenvalue weighted by Gasteiger charge is -2.18. The fourth-order valence-electron chi connectivity index (χ4n) is 2.00. The SMILES string of the molecule is CC(C)C(N)C(=O)OC(C#N)c1cccc(Oc2ccccc2)c1. The number of ether oxygens (including phenoxy) is 2. The maximum absolute atomic E-state index is 12.0. The quantitative estimate of drug-likeness (QED) is 0.821. The van der Waals surface area contributed by atoms with Crippen LogP contribution in [-0.4, -0.2) is 12.0 Å². The summed E-state index contributed by atoms with van der Waals surface area (Å²) in [6, 6.07) is 17.4. The van der Waals surface area contributed by atoms with E-state index in [-0.39, 0.29) is 5.92 Å². The van der Waals surface area contributed by atoms with Gasteiger partial charge in [0.15, 0.2) is 0 Å². The highest BCUT2D eigenvalue weighted by molar-refractivity contribution is 5.76. The van der Waals surface area contributed by atoms with Crippen molar-refractivity contribution in [2.24, 2.45) is 11.7 Å². The molecule has 0 fully saturated rings. The third kappa shape index (κ3) is 4.58. The van der Waals surface area contributed by atoms with Crippen LogP contribution in [0.15, 0.2) is 54.6 Å². The Kier molecular flexibility index (Phi) is 5.94. The second-order valence-electron chi connectivity index (χ2n) is 5.70. The van der Waals surface area contributed by atoms with Crippen LogP contribution in [0.5, 0.6) is 11.5 Å². The molecule has 0 bridgehead atoms. The maximum Gasteiger partial charge on any atom is 0.324 e. The summed E-state index contributed by atoms with van der Waals surface area (Å²) < 4.78 is 11.0. The molecule has 0 heterocycles. The summed E-state index contributed by atoms with van der Waals surface area (Å²) in [5.74, 6) is 0.584. The molecule has 0 saturated carbocycles. The molecular weight excluding hydrogens is 304 g/mol. The topological polar surface area (TPSA) is 85.3 Å². The Bertz CT molecular complexity index is 723. The van der Waals surface area contributed by atoms with Gasteiger partial charge in [0.1, 0.15) is 23.6 Å². The van der Waals surface area contributed by atoms with Crippen molar-refractivity contribution in [3.8, 4) is 17.6 Å². The number of nitriles is 1. The van der Waals surface area contributed by atoms with Gasteiger partial charge >= 0.3 is 5.97 Å². The van der Waals surface area contributed by atoms with Gasteiger partial charge in [0.2, 0.25) is 6.10 Å². The second-order valence-corrected chi connectivity index (χ2v) is 5.70. The minimum Gasteiger partial charge on any atom is -0.457 e. The van der Waals surface area contributed by atoms with Gasteiger partial charge in [-0.05, 0) is 30.2 Å². The van der Waals surface area contributed by atoms with E-state index in [1.807, 2.05) is 50.2 Å². The first-order valence-corrected chi connectivity index (χ1v) is 7.70. The fourth-order valence-corrected chi connectivity index (χ4v) is 2.00. The number of para-hydroxylation sites is 1. The molecular formula is C19H20N2O3. The Hall–Kier alpha value is -2.84. The van der Waals surface area contributed by atoms with Crippen LogP contribution in [0.25, 0.3) is 0 Å². The number of carbonyl (C=O) groups is 1. The lowest BCUT2D eigenvalue weighted by atomic mass is 10.1. The van der Waals surface area contributed by atoms with Crippen molar-refractivity contribution < 1.29 is 14.3 Å². The molecule has 5 heteroatoms. The van der Waals surface area contributed by atoms with E-state index in [0.717, 1.165) is 0 Å². The van der Waals surface area contributed by atoms with Crippen molar-refractivity contribution >= 4 is 5.97 Å². The zero-order chi connectivity index (χ0) is 17.5. The first kappa shape index (κ1) is 17.5. The summed E-state index contributed by atoms with van der Waals surface area (Å²) in [5, 5.41) is 9.32. The summed E-state index contributed by atoms with van der Waals surface area (Å²) in [5.41, 5.74) is 6.30. The van der Waals surface area contributed by atoms with Gasteiger partial charge in [-0.3, -0.25) is 4.79 Å². The van der Waals surface area contributed by atoms with Crippen molar-refractivity contribution in [2.45, 2.75) is 26.0 Å². The number of hydrogen-bond donors (Lipinski definition) is 1. The number of carbonyl (C=O) groups excluding carboxylic acids is 1. The molecule has 2 N–H and O–H groups in total. The normalized spacial score (nSPS) is 13.0. The zero-order valence-electron chi connectivity index (χ0n) is 13.7. The number of nitrogens with zero attached hydrogens (tertiary/aromatic N) is 1. The smallest absolute Gasteiger partial charge is 0.324 e. The monoisotopic (exact) mass is 324 g/mol. The van der Waals surface area contributed by atoms with Crippen molar-refractivity contribution in [2.75, 3.05) is 0 Å². The summed E-state index contributed by atoms with van der Waals surface area (Å²) in [6.45, 7) is 3.64. The predicted molar refractivity (Wildman–Crippen MR) is 90.2 cm³/mol. The molecule has 0 aliphatic rings. The number of hydrogen-bond acceptors (Lipinski definition) is 5. The van der Waals surface area contributed by atoms with Crippen molar-refractivity contribution in [1.82, 2.24) is 0 Å². The molecule has 0 spiro atoms. The van der Waals surface area contributed by atoms with Gasteiger partial charge in [-0.25, -0.2) is 0 Å². The molecule has 2 atom stereocenters. The maximum atomic E-state index is 12.0. The first-order valence-electron chi connectivity index (χ1n) is 7.70. The third-order valence-corrected chi connectivity index (χ3v) is 3.48. The largest absolute Gasteiger partial charge is 0.457 e. The standard InChI is InChI=1S/C19H20N2O3/c1-13(2)18(21)19(22)24-17(12-20)14-7-6-10-16(11-14)23-15-8-4-3-5-9-15/h3-11,13,17-18H,21H2,1-2H3. The fraction of sp³-hybridized carbons (Fsp3) is 0.263. The highest BCUT2D eigenvalue weighted by Gasteiger charge is 2.24.